The number of aromatic nitrogens is 6. The second-order valence-electron chi connectivity index (χ2n) is 13.3. The predicted molar refractivity (Wildman–Crippen MR) is 161 cm³/mol. The Labute approximate surface area is 253 Å². The maximum absolute atomic E-state index is 12.7. The quantitative estimate of drug-likeness (QED) is 0.416. The van der Waals surface area contributed by atoms with Gasteiger partial charge in [-0.2, -0.15) is 9.61 Å². The van der Waals surface area contributed by atoms with Crippen molar-refractivity contribution < 1.29 is 24.1 Å². The van der Waals surface area contributed by atoms with E-state index in [4.69, 9.17) is 24.3 Å². The van der Waals surface area contributed by atoms with E-state index in [1.54, 1.807) is 9.20 Å². The van der Waals surface area contributed by atoms with Crippen molar-refractivity contribution in [1.82, 2.24) is 29.6 Å². The van der Waals surface area contributed by atoms with Crippen LogP contribution in [0.5, 0.6) is 0 Å². The van der Waals surface area contributed by atoms with Gasteiger partial charge in [0.1, 0.15) is 17.6 Å². The largest absolute Gasteiger partial charge is 0.479 e. The SMILES string of the molecule is Cc1nc2cc3nn2c(c1[C@H](OC(C)(C)C)C(=O)O)N1CCC(C)(CC1)OC/C=C/COC(CC(C)C)c1cn(nn1)C3. The highest BCUT2D eigenvalue weighted by molar-refractivity contribution is 5.78. The second-order valence-corrected chi connectivity index (χ2v) is 13.3. The molecule has 0 radical (unpaired) electrons. The van der Waals surface area contributed by atoms with Crippen molar-refractivity contribution in [3.63, 3.8) is 0 Å². The van der Waals surface area contributed by atoms with Crippen molar-refractivity contribution in [2.45, 2.75) is 97.7 Å². The summed E-state index contributed by atoms with van der Waals surface area (Å²) in [5.74, 6) is 0.0464. The Kier molecular flexibility index (Phi) is 8.92. The fourth-order valence-electron chi connectivity index (χ4n) is 5.74. The average Bonchev–Trinajstić information content (AvgIpc) is 3.54. The molecule has 6 heterocycles. The molecule has 0 saturated carbocycles. The number of hydrogen-bond donors (Lipinski definition) is 1. The summed E-state index contributed by atoms with van der Waals surface area (Å²) in [5.41, 5.74) is 2.25. The third-order valence-corrected chi connectivity index (χ3v) is 7.92. The van der Waals surface area contributed by atoms with E-state index >= 15 is 0 Å². The van der Waals surface area contributed by atoms with Crippen LogP contribution in [0.4, 0.5) is 5.82 Å². The molecule has 12 heteroatoms. The van der Waals surface area contributed by atoms with Crippen molar-refractivity contribution in [2.75, 3.05) is 31.2 Å². The van der Waals surface area contributed by atoms with Crippen LogP contribution in [0.25, 0.3) is 5.65 Å². The number of piperidine rings is 1. The standard InChI is InChI=1S/C31H45N7O5/c1-20(2)16-24-23-19-37(35-33-23)18-22-17-25-32-21(3)26(27(29(39)40)43-30(4,5)6)28(38(25)34-22)36-12-10-31(7,11-13-36)42-15-9-8-14-41-24/h8-9,17,19-20,24,27H,10-16,18H2,1-7H3,(H,39,40)/b9-8+/t24?,27-/m0/s1. The summed E-state index contributed by atoms with van der Waals surface area (Å²) >= 11 is 0. The lowest BCUT2D eigenvalue weighted by atomic mass is 9.92. The number of ether oxygens (including phenoxy) is 3. The summed E-state index contributed by atoms with van der Waals surface area (Å²) in [4.78, 5) is 19.7. The molecule has 0 aliphatic carbocycles. The predicted octanol–water partition coefficient (Wildman–Crippen LogP) is 4.67. The van der Waals surface area contributed by atoms with Crippen LogP contribution >= 0.6 is 0 Å². The molecular weight excluding hydrogens is 550 g/mol. The molecule has 6 rings (SSSR count). The van der Waals surface area contributed by atoms with Gasteiger partial charge in [0.05, 0.1) is 48.4 Å². The Morgan fingerprint density at radius 1 is 1.21 bits per heavy atom. The maximum Gasteiger partial charge on any atom is 0.337 e. The molecule has 0 spiro atoms. The zero-order valence-electron chi connectivity index (χ0n) is 26.4. The summed E-state index contributed by atoms with van der Waals surface area (Å²) in [5, 5.41) is 24.1. The third kappa shape index (κ3) is 7.25. The van der Waals surface area contributed by atoms with Crippen LogP contribution in [0.3, 0.4) is 0 Å². The lowest BCUT2D eigenvalue weighted by molar-refractivity contribution is -0.160. The average molecular weight is 596 g/mol. The molecule has 12 nitrogen and oxygen atoms in total. The van der Waals surface area contributed by atoms with E-state index in [0.29, 0.717) is 61.5 Å². The third-order valence-electron chi connectivity index (χ3n) is 7.92. The molecule has 1 N–H and O–H groups in total. The number of anilines is 1. The minimum atomic E-state index is -1.22. The van der Waals surface area contributed by atoms with Gasteiger partial charge in [-0.3, -0.25) is 0 Å². The molecule has 3 aliphatic rings. The topological polar surface area (TPSA) is 129 Å². The molecule has 0 amide bonds. The van der Waals surface area contributed by atoms with E-state index < -0.39 is 17.7 Å². The molecule has 1 saturated heterocycles. The number of aliphatic carboxylic acids is 1. The van der Waals surface area contributed by atoms with Gasteiger partial charge in [-0.25, -0.2) is 14.5 Å². The van der Waals surface area contributed by atoms with Crippen LogP contribution in [-0.2, 0) is 25.5 Å². The number of carboxylic acid groups (broad SMARTS) is 1. The minimum Gasteiger partial charge on any atom is -0.479 e. The highest BCUT2D eigenvalue weighted by atomic mass is 16.5. The number of carbonyl (C=O) groups is 1. The zero-order valence-corrected chi connectivity index (χ0v) is 26.4. The van der Waals surface area contributed by atoms with Crippen LogP contribution in [-0.4, -0.2) is 78.2 Å². The van der Waals surface area contributed by atoms with Crippen LogP contribution in [0, 0.1) is 12.8 Å². The van der Waals surface area contributed by atoms with Gasteiger partial charge in [-0.15, -0.1) is 5.10 Å². The summed E-state index contributed by atoms with van der Waals surface area (Å²) in [6.45, 7) is 16.5. The Hall–Kier alpha value is -3.35. The van der Waals surface area contributed by atoms with Crippen molar-refractivity contribution in [1.29, 1.82) is 0 Å². The van der Waals surface area contributed by atoms with E-state index in [9.17, 15) is 9.90 Å². The second kappa shape index (κ2) is 12.3. The molecule has 1 fully saturated rings. The lowest BCUT2D eigenvalue weighted by Crippen LogP contribution is -2.45. The smallest absolute Gasteiger partial charge is 0.337 e. The van der Waals surface area contributed by atoms with Gasteiger partial charge in [0.2, 0.25) is 0 Å². The Balaban J connectivity index is 1.61. The molecule has 2 atom stereocenters. The van der Waals surface area contributed by atoms with Gasteiger partial charge < -0.3 is 24.2 Å². The molecule has 43 heavy (non-hydrogen) atoms. The van der Waals surface area contributed by atoms with Gasteiger partial charge in [0.15, 0.2) is 11.8 Å². The van der Waals surface area contributed by atoms with Crippen LogP contribution in [0.1, 0.15) is 95.7 Å². The summed E-state index contributed by atoms with van der Waals surface area (Å²) in [6.07, 6.45) is 6.88. The lowest BCUT2D eigenvalue weighted by Gasteiger charge is -2.41. The Morgan fingerprint density at radius 2 is 1.93 bits per heavy atom. The fraction of sp³-hybridized carbons (Fsp3) is 0.645. The van der Waals surface area contributed by atoms with Gasteiger partial charge in [-0.1, -0.05) is 31.2 Å². The molecule has 234 valence electrons. The van der Waals surface area contributed by atoms with Crippen molar-refractivity contribution >= 4 is 17.4 Å². The van der Waals surface area contributed by atoms with Crippen LogP contribution < -0.4 is 4.90 Å². The summed E-state index contributed by atoms with van der Waals surface area (Å²) < 4.78 is 22.2. The number of hydrogen-bond acceptors (Lipinski definition) is 9. The summed E-state index contributed by atoms with van der Waals surface area (Å²) in [7, 11) is 0. The first-order chi connectivity index (χ1) is 20.3. The van der Waals surface area contributed by atoms with Crippen LogP contribution in [0.2, 0.25) is 0 Å². The van der Waals surface area contributed by atoms with E-state index in [-0.39, 0.29) is 11.7 Å². The van der Waals surface area contributed by atoms with Gasteiger partial charge in [-0.05, 0) is 59.8 Å². The molecule has 3 aromatic heterocycles. The van der Waals surface area contributed by atoms with Gasteiger partial charge >= 0.3 is 5.97 Å². The van der Waals surface area contributed by atoms with Crippen LogP contribution in [0.15, 0.2) is 24.4 Å². The molecule has 0 aromatic carbocycles. The zero-order chi connectivity index (χ0) is 30.9. The highest BCUT2D eigenvalue weighted by Crippen LogP contribution is 2.38. The molecule has 3 aromatic rings. The van der Waals surface area contributed by atoms with E-state index in [0.717, 1.165) is 30.7 Å². The van der Waals surface area contributed by atoms with Gasteiger partial charge in [0, 0.05) is 24.8 Å². The highest BCUT2D eigenvalue weighted by Gasteiger charge is 2.37. The van der Waals surface area contributed by atoms with E-state index in [2.05, 4.69) is 36.0 Å². The first-order valence-electron chi connectivity index (χ1n) is 15.2. The first kappa shape index (κ1) is 31.1. The van der Waals surface area contributed by atoms with Crippen molar-refractivity contribution in [3.8, 4) is 0 Å². The fourth-order valence-corrected chi connectivity index (χ4v) is 5.74. The first-order valence-corrected chi connectivity index (χ1v) is 15.2. The number of rotatable bonds is 5. The Morgan fingerprint density at radius 3 is 2.60 bits per heavy atom. The number of nitrogens with zero attached hydrogens (tertiary/aromatic N) is 7. The monoisotopic (exact) mass is 595 g/mol. The number of carboxylic acids is 1. The number of aryl methyl sites for hydroxylation is 1. The Bertz CT molecular complexity index is 1460. The molecular formula is C31H45N7O5. The normalized spacial score (nSPS) is 23.3. The molecule has 1 unspecified atom stereocenters. The molecule has 6 bridgehead atoms. The van der Waals surface area contributed by atoms with Crippen molar-refractivity contribution in [3.05, 3.63) is 47.1 Å². The molecule has 3 aliphatic heterocycles. The maximum atomic E-state index is 12.7. The minimum absolute atomic E-state index is 0.183. The van der Waals surface area contributed by atoms with E-state index in [1.165, 1.54) is 0 Å². The van der Waals surface area contributed by atoms with Gasteiger partial charge in [0.25, 0.3) is 0 Å². The van der Waals surface area contributed by atoms with E-state index in [1.807, 2.05) is 52.1 Å². The summed E-state index contributed by atoms with van der Waals surface area (Å²) in [6, 6.07) is 1.92. The number of fused-ring (bicyclic) bond motifs is 7. The van der Waals surface area contributed by atoms with Crippen molar-refractivity contribution in [2.24, 2.45) is 5.92 Å².